The van der Waals surface area contributed by atoms with E-state index < -0.39 is 11.5 Å². The molecule has 0 aliphatic carbocycles. The first-order valence-corrected chi connectivity index (χ1v) is 8.55. The molecule has 0 bridgehead atoms. The number of hydrogen-bond acceptors (Lipinski definition) is 5. The van der Waals surface area contributed by atoms with Crippen molar-refractivity contribution in [3.05, 3.63) is 34.6 Å². The summed E-state index contributed by atoms with van der Waals surface area (Å²) in [7, 11) is 0. The summed E-state index contributed by atoms with van der Waals surface area (Å²) in [6, 6.07) is 1.76. The summed E-state index contributed by atoms with van der Waals surface area (Å²) in [5, 5.41) is 15.0. The lowest BCUT2D eigenvalue weighted by atomic mass is 9.89. The van der Waals surface area contributed by atoms with Crippen LogP contribution < -0.4 is 5.32 Å². The van der Waals surface area contributed by atoms with Crippen LogP contribution in [0.25, 0.3) is 5.13 Å². The number of amides is 1. The highest BCUT2D eigenvalue weighted by molar-refractivity contribution is 7.12. The lowest BCUT2D eigenvalue weighted by Crippen LogP contribution is -2.57. The van der Waals surface area contributed by atoms with Crippen LogP contribution in [-0.2, 0) is 9.53 Å². The zero-order valence-electron chi connectivity index (χ0n) is 13.5. The minimum absolute atomic E-state index is 0.263. The standard InChI is InChI=1S/C16H19N3O4S/c1-10-9-12(11(2)19(10)15-17-5-8-24-15)13(20)18-16(14(21)22)3-6-23-7-4-16/h5,8-9H,3-4,6-7H2,1-2H3,(H,18,20)(H,21,22). The van der Waals surface area contributed by atoms with Gasteiger partial charge in [-0.1, -0.05) is 0 Å². The van der Waals surface area contributed by atoms with Crippen LogP contribution in [0.3, 0.4) is 0 Å². The van der Waals surface area contributed by atoms with Gasteiger partial charge in [0.15, 0.2) is 5.13 Å². The predicted molar refractivity (Wildman–Crippen MR) is 88.8 cm³/mol. The van der Waals surface area contributed by atoms with Crippen molar-refractivity contribution in [2.24, 2.45) is 0 Å². The summed E-state index contributed by atoms with van der Waals surface area (Å²) in [5.41, 5.74) is 0.824. The van der Waals surface area contributed by atoms with Gasteiger partial charge in [0.2, 0.25) is 0 Å². The van der Waals surface area contributed by atoms with Crippen molar-refractivity contribution in [1.82, 2.24) is 14.9 Å². The van der Waals surface area contributed by atoms with E-state index in [0.717, 1.165) is 16.5 Å². The molecule has 0 unspecified atom stereocenters. The number of carboxylic acid groups (broad SMARTS) is 1. The van der Waals surface area contributed by atoms with Gasteiger partial charge in [-0.25, -0.2) is 9.78 Å². The summed E-state index contributed by atoms with van der Waals surface area (Å²) in [5.74, 6) is -1.40. The molecule has 2 aromatic heterocycles. The molecule has 128 valence electrons. The minimum atomic E-state index is -1.26. The van der Waals surface area contributed by atoms with Crippen molar-refractivity contribution in [2.45, 2.75) is 32.2 Å². The van der Waals surface area contributed by atoms with Crippen molar-refractivity contribution in [3.63, 3.8) is 0 Å². The summed E-state index contributed by atoms with van der Waals surface area (Å²) in [4.78, 5) is 28.7. The summed E-state index contributed by atoms with van der Waals surface area (Å²) in [6.45, 7) is 4.38. The molecule has 1 aliphatic heterocycles. The number of carbonyl (C=O) groups excluding carboxylic acids is 1. The van der Waals surface area contributed by atoms with Crippen LogP contribution in [0.1, 0.15) is 34.6 Å². The molecule has 0 radical (unpaired) electrons. The van der Waals surface area contributed by atoms with Crippen LogP contribution in [0, 0.1) is 13.8 Å². The second-order valence-corrected chi connectivity index (χ2v) is 6.76. The molecule has 0 aromatic carbocycles. The number of ether oxygens (including phenoxy) is 1. The molecule has 8 heteroatoms. The fraction of sp³-hybridized carbons (Fsp3) is 0.438. The number of aliphatic carboxylic acids is 1. The van der Waals surface area contributed by atoms with Crippen LogP contribution in [0.5, 0.6) is 0 Å². The Morgan fingerprint density at radius 3 is 2.67 bits per heavy atom. The maximum atomic E-state index is 12.7. The average Bonchev–Trinajstić information content (AvgIpc) is 3.16. The van der Waals surface area contributed by atoms with Gasteiger partial charge in [-0.3, -0.25) is 9.36 Å². The zero-order chi connectivity index (χ0) is 17.3. The third kappa shape index (κ3) is 2.83. The highest BCUT2D eigenvalue weighted by Crippen LogP contribution is 2.25. The molecule has 3 rings (SSSR count). The summed E-state index contributed by atoms with van der Waals surface area (Å²) in [6.07, 6.45) is 2.23. The molecule has 7 nitrogen and oxygen atoms in total. The Balaban J connectivity index is 1.90. The molecule has 1 amide bonds. The number of nitrogens with zero attached hydrogens (tertiary/aromatic N) is 2. The Kier molecular flexibility index (Phi) is 4.42. The Morgan fingerprint density at radius 1 is 1.38 bits per heavy atom. The third-order valence-corrected chi connectivity index (χ3v) is 5.15. The number of nitrogens with one attached hydrogen (secondary N) is 1. The second kappa shape index (κ2) is 6.37. The van der Waals surface area contributed by atoms with E-state index in [1.54, 1.807) is 12.3 Å². The Hall–Kier alpha value is -2.19. The number of thiazole rings is 1. The predicted octanol–water partition coefficient (Wildman–Crippen LogP) is 1.91. The maximum absolute atomic E-state index is 12.7. The fourth-order valence-electron chi connectivity index (χ4n) is 3.01. The normalized spacial score (nSPS) is 16.8. The Morgan fingerprint density at radius 2 is 2.08 bits per heavy atom. The molecule has 1 aliphatic rings. The number of hydrogen-bond donors (Lipinski definition) is 2. The van der Waals surface area contributed by atoms with Crippen molar-refractivity contribution in [1.29, 1.82) is 0 Å². The molecular weight excluding hydrogens is 330 g/mol. The molecule has 0 saturated carbocycles. The van der Waals surface area contributed by atoms with E-state index in [-0.39, 0.29) is 18.7 Å². The lowest BCUT2D eigenvalue weighted by Gasteiger charge is -2.33. The van der Waals surface area contributed by atoms with Gasteiger partial charge in [0.05, 0.1) is 5.56 Å². The first-order chi connectivity index (χ1) is 11.4. The molecular formula is C16H19N3O4S. The van der Waals surface area contributed by atoms with Crippen molar-refractivity contribution < 1.29 is 19.4 Å². The van der Waals surface area contributed by atoms with Crippen LogP contribution in [0.2, 0.25) is 0 Å². The number of rotatable bonds is 4. The van der Waals surface area contributed by atoms with Crippen LogP contribution >= 0.6 is 11.3 Å². The highest BCUT2D eigenvalue weighted by atomic mass is 32.1. The molecule has 1 fully saturated rings. The fourth-order valence-corrected chi connectivity index (χ4v) is 3.76. The maximum Gasteiger partial charge on any atom is 0.329 e. The SMILES string of the molecule is Cc1cc(C(=O)NC2(C(=O)O)CCOCC2)c(C)n1-c1nccs1. The first-order valence-electron chi connectivity index (χ1n) is 7.67. The average molecular weight is 349 g/mol. The zero-order valence-corrected chi connectivity index (χ0v) is 14.4. The van der Waals surface area contributed by atoms with E-state index in [1.807, 2.05) is 23.8 Å². The molecule has 24 heavy (non-hydrogen) atoms. The van der Waals surface area contributed by atoms with Crippen molar-refractivity contribution in [3.8, 4) is 5.13 Å². The van der Waals surface area contributed by atoms with E-state index in [2.05, 4.69) is 10.3 Å². The third-order valence-electron chi connectivity index (χ3n) is 4.39. The van der Waals surface area contributed by atoms with E-state index in [1.165, 1.54) is 11.3 Å². The highest BCUT2D eigenvalue weighted by Gasteiger charge is 2.42. The van der Waals surface area contributed by atoms with Crippen LogP contribution in [-0.4, -0.2) is 45.3 Å². The van der Waals surface area contributed by atoms with E-state index in [0.29, 0.717) is 18.8 Å². The molecule has 3 heterocycles. The molecule has 2 N–H and O–H groups in total. The Labute approximate surface area is 143 Å². The van der Waals surface area contributed by atoms with Gasteiger partial charge >= 0.3 is 5.97 Å². The van der Waals surface area contributed by atoms with Gasteiger partial charge in [0.1, 0.15) is 5.54 Å². The number of aryl methyl sites for hydroxylation is 1. The van der Waals surface area contributed by atoms with Gasteiger partial charge in [-0.2, -0.15) is 0 Å². The summed E-state index contributed by atoms with van der Waals surface area (Å²) >= 11 is 1.48. The number of aromatic nitrogens is 2. The molecule has 2 aromatic rings. The van der Waals surface area contributed by atoms with E-state index in [9.17, 15) is 14.7 Å². The largest absolute Gasteiger partial charge is 0.480 e. The van der Waals surface area contributed by atoms with E-state index in [4.69, 9.17) is 4.74 Å². The Bertz CT molecular complexity index is 761. The van der Waals surface area contributed by atoms with Gasteiger partial charge in [-0.05, 0) is 19.9 Å². The van der Waals surface area contributed by atoms with Gasteiger partial charge in [0, 0.05) is 49.0 Å². The van der Waals surface area contributed by atoms with Crippen molar-refractivity contribution in [2.75, 3.05) is 13.2 Å². The van der Waals surface area contributed by atoms with Gasteiger partial charge in [-0.15, -0.1) is 11.3 Å². The molecule has 1 saturated heterocycles. The molecule has 0 atom stereocenters. The van der Waals surface area contributed by atoms with E-state index >= 15 is 0 Å². The smallest absolute Gasteiger partial charge is 0.329 e. The number of carbonyl (C=O) groups is 2. The minimum Gasteiger partial charge on any atom is -0.480 e. The van der Waals surface area contributed by atoms with Crippen LogP contribution in [0.15, 0.2) is 17.6 Å². The van der Waals surface area contributed by atoms with Gasteiger partial charge < -0.3 is 15.2 Å². The second-order valence-electron chi connectivity index (χ2n) is 5.89. The number of carboxylic acids is 1. The van der Waals surface area contributed by atoms with Crippen LogP contribution in [0.4, 0.5) is 0 Å². The molecule has 0 spiro atoms. The monoisotopic (exact) mass is 349 g/mol. The van der Waals surface area contributed by atoms with Crippen molar-refractivity contribution >= 4 is 23.2 Å². The topological polar surface area (TPSA) is 93.5 Å². The van der Waals surface area contributed by atoms with Gasteiger partial charge in [0.25, 0.3) is 5.91 Å². The lowest BCUT2D eigenvalue weighted by molar-refractivity contribution is -0.148. The quantitative estimate of drug-likeness (QED) is 0.879. The first kappa shape index (κ1) is 16.7. The summed E-state index contributed by atoms with van der Waals surface area (Å²) < 4.78 is 7.13.